The molecule has 3 nitrogen and oxygen atoms in total. The lowest BCUT2D eigenvalue weighted by Gasteiger charge is -2.24. The first kappa shape index (κ1) is 19.3. The van der Waals surface area contributed by atoms with E-state index in [1.54, 1.807) is 24.3 Å². The predicted octanol–water partition coefficient (Wildman–Crippen LogP) is 5.31. The zero-order chi connectivity index (χ0) is 19.8. The van der Waals surface area contributed by atoms with Gasteiger partial charge in [0.2, 0.25) is 0 Å². The summed E-state index contributed by atoms with van der Waals surface area (Å²) in [4.78, 5) is 3.90. The van der Waals surface area contributed by atoms with Crippen LogP contribution >= 0.6 is 0 Å². The summed E-state index contributed by atoms with van der Waals surface area (Å²) in [6.07, 6.45) is -4.71. The van der Waals surface area contributed by atoms with Crippen molar-refractivity contribution in [2.24, 2.45) is 0 Å². The molecule has 1 aliphatic rings. The normalized spacial score (nSPS) is 15.4. The third kappa shape index (κ3) is 4.64. The molecule has 0 radical (unpaired) electrons. The molecule has 1 fully saturated rings. The van der Waals surface area contributed by atoms with E-state index in [1.807, 2.05) is 36.6 Å². The van der Waals surface area contributed by atoms with Crippen LogP contribution < -0.4 is 14.5 Å². The summed E-state index contributed by atoms with van der Waals surface area (Å²) in [5.41, 5.74) is 2.10. The Bertz CT molecular complexity index is 797. The number of nitrogens with zero attached hydrogens (tertiary/aromatic N) is 2. The standard InChI is InChI=1S/C20H22F4N2O/c1-19(2,3)14-4-9-18(17(21)12-14)26-11-10-25(13-26)15-5-7-16(8-6-15)27-20(22,23)24/h4-9,12H,10-11,13H2,1-3H3. The molecular weight excluding hydrogens is 360 g/mol. The highest BCUT2D eigenvalue weighted by molar-refractivity contribution is 5.57. The minimum atomic E-state index is -4.71. The van der Waals surface area contributed by atoms with Gasteiger partial charge in [-0.15, -0.1) is 13.2 Å². The van der Waals surface area contributed by atoms with Gasteiger partial charge in [-0.25, -0.2) is 4.39 Å². The van der Waals surface area contributed by atoms with Crippen LogP contribution in [0.5, 0.6) is 5.75 Å². The maximum absolute atomic E-state index is 14.6. The molecular formula is C20H22F4N2O. The number of halogens is 4. The third-order valence-electron chi connectivity index (χ3n) is 4.57. The monoisotopic (exact) mass is 382 g/mol. The van der Waals surface area contributed by atoms with Crippen molar-refractivity contribution in [1.29, 1.82) is 0 Å². The van der Waals surface area contributed by atoms with Crippen LogP contribution in [0.25, 0.3) is 0 Å². The molecule has 0 bridgehead atoms. The van der Waals surface area contributed by atoms with Crippen molar-refractivity contribution in [3.8, 4) is 5.75 Å². The van der Waals surface area contributed by atoms with Crippen molar-refractivity contribution in [3.05, 3.63) is 53.8 Å². The Balaban J connectivity index is 1.70. The summed E-state index contributed by atoms with van der Waals surface area (Å²) < 4.78 is 55.2. The van der Waals surface area contributed by atoms with Gasteiger partial charge in [0.05, 0.1) is 12.4 Å². The molecule has 0 unspecified atom stereocenters. The molecule has 1 saturated heterocycles. The first-order valence-electron chi connectivity index (χ1n) is 8.69. The Kier molecular flexibility index (Phi) is 4.97. The lowest BCUT2D eigenvalue weighted by atomic mass is 9.87. The van der Waals surface area contributed by atoms with Gasteiger partial charge < -0.3 is 14.5 Å². The molecule has 3 rings (SSSR count). The Morgan fingerprint density at radius 2 is 1.52 bits per heavy atom. The largest absolute Gasteiger partial charge is 0.573 e. The van der Waals surface area contributed by atoms with Gasteiger partial charge in [0.15, 0.2) is 0 Å². The second-order valence-corrected chi connectivity index (χ2v) is 7.63. The Labute approximate surface area is 156 Å². The molecule has 1 aliphatic heterocycles. The van der Waals surface area contributed by atoms with Crippen molar-refractivity contribution in [3.63, 3.8) is 0 Å². The third-order valence-corrected chi connectivity index (χ3v) is 4.57. The molecule has 0 amide bonds. The molecule has 0 saturated carbocycles. The van der Waals surface area contributed by atoms with Gasteiger partial charge in [-0.2, -0.15) is 0 Å². The van der Waals surface area contributed by atoms with Crippen molar-refractivity contribution in [2.45, 2.75) is 32.5 Å². The van der Waals surface area contributed by atoms with E-state index in [9.17, 15) is 17.6 Å². The SMILES string of the molecule is CC(C)(C)c1ccc(N2CCN(c3ccc(OC(F)(F)F)cc3)C2)c(F)c1. The molecule has 2 aromatic rings. The highest BCUT2D eigenvalue weighted by atomic mass is 19.4. The molecule has 0 aliphatic carbocycles. The zero-order valence-electron chi connectivity index (χ0n) is 15.5. The van der Waals surface area contributed by atoms with Gasteiger partial charge in [-0.1, -0.05) is 26.8 Å². The zero-order valence-corrected chi connectivity index (χ0v) is 15.5. The van der Waals surface area contributed by atoms with Gasteiger partial charge in [0.1, 0.15) is 11.6 Å². The number of benzene rings is 2. The van der Waals surface area contributed by atoms with E-state index >= 15 is 0 Å². The van der Waals surface area contributed by atoms with Crippen LogP contribution in [0.2, 0.25) is 0 Å². The average Bonchev–Trinajstić information content (AvgIpc) is 3.03. The van der Waals surface area contributed by atoms with Gasteiger partial charge in [0, 0.05) is 18.8 Å². The van der Waals surface area contributed by atoms with Crippen LogP contribution in [0, 0.1) is 5.82 Å². The van der Waals surface area contributed by atoms with Crippen molar-refractivity contribution in [1.82, 2.24) is 0 Å². The van der Waals surface area contributed by atoms with Crippen LogP contribution in [-0.2, 0) is 5.41 Å². The van der Waals surface area contributed by atoms with E-state index in [4.69, 9.17) is 0 Å². The first-order chi connectivity index (χ1) is 12.5. The van der Waals surface area contributed by atoms with E-state index in [0.717, 1.165) is 11.3 Å². The van der Waals surface area contributed by atoms with E-state index in [2.05, 4.69) is 4.74 Å². The fraction of sp³-hybridized carbons (Fsp3) is 0.400. The topological polar surface area (TPSA) is 15.7 Å². The van der Waals surface area contributed by atoms with Crippen LogP contribution in [0.3, 0.4) is 0 Å². The summed E-state index contributed by atoms with van der Waals surface area (Å²) >= 11 is 0. The van der Waals surface area contributed by atoms with Gasteiger partial charge in [0.25, 0.3) is 0 Å². The quantitative estimate of drug-likeness (QED) is 0.670. The second kappa shape index (κ2) is 6.94. The molecule has 27 heavy (non-hydrogen) atoms. The summed E-state index contributed by atoms with van der Waals surface area (Å²) in [6.45, 7) is 7.85. The van der Waals surface area contributed by atoms with Crippen molar-refractivity contribution in [2.75, 3.05) is 29.6 Å². The van der Waals surface area contributed by atoms with Crippen LogP contribution in [-0.4, -0.2) is 26.1 Å². The lowest BCUT2D eigenvalue weighted by Crippen LogP contribution is -2.26. The second-order valence-electron chi connectivity index (χ2n) is 7.63. The predicted molar refractivity (Wildman–Crippen MR) is 97.8 cm³/mol. The van der Waals surface area contributed by atoms with E-state index in [-0.39, 0.29) is 17.0 Å². The van der Waals surface area contributed by atoms with Gasteiger partial charge in [-0.3, -0.25) is 0 Å². The highest BCUT2D eigenvalue weighted by Gasteiger charge is 2.31. The fourth-order valence-corrected chi connectivity index (χ4v) is 3.08. The molecule has 0 N–H and O–H groups in total. The number of anilines is 2. The van der Waals surface area contributed by atoms with Crippen molar-refractivity contribution < 1.29 is 22.3 Å². The number of alkyl halides is 3. The first-order valence-corrected chi connectivity index (χ1v) is 8.69. The van der Waals surface area contributed by atoms with E-state index in [1.165, 1.54) is 12.1 Å². The van der Waals surface area contributed by atoms with Crippen LogP contribution in [0.1, 0.15) is 26.3 Å². The summed E-state index contributed by atoms with van der Waals surface area (Å²) in [5, 5.41) is 0. The molecule has 0 spiro atoms. The highest BCUT2D eigenvalue weighted by Crippen LogP contribution is 2.31. The summed E-state index contributed by atoms with van der Waals surface area (Å²) in [5.74, 6) is -0.524. The maximum Gasteiger partial charge on any atom is 0.573 e. The van der Waals surface area contributed by atoms with Gasteiger partial charge >= 0.3 is 6.36 Å². The van der Waals surface area contributed by atoms with Crippen LogP contribution in [0.4, 0.5) is 28.9 Å². The molecule has 0 atom stereocenters. The number of hydrogen-bond acceptors (Lipinski definition) is 3. The Morgan fingerprint density at radius 3 is 2.07 bits per heavy atom. The van der Waals surface area contributed by atoms with Crippen LogP contribution in [0.15, 0.2) is 42.5 Å². The van der Waals surface area contributed by atoms with Gasteiger partial charge in [-0.05, 0) is 47.4 Å². The molecule has 7 heteroatoms. The Hall–Kier alpha value is -2.44. The minimum absolute atomic E-state index is 0.128. The van der Waals surface area contributed by atoms with E-state index in [0.29, 0.717) is 25.4 Å². The maximum atomic E-state index is 14.6. The summed E-state index contributed by atoms with van der Waals surface area (Å²) in [6, 6.07) is 11.0. The average molecular weight is 382 g/mol. The molecule has 1 heterocycles. The number of ether oxygens (including phenoxy) is 1. The number of rotatable bonds is 3. The smallest absolute Gasteiger partial charge is 0.406 e. The summed E-state index contributed by atoms with van der Waals surface area (Å²) in [7, 11) is 0. The number of hydrogen-bond donors (Lipinski definition) is 0. The lowest BCUT2D eigenvalue weighted by molar-refractivity contribution is -0.274. The molecule has 146 valence electrons. The van der Waals surface area contributed by atoms with E-state index < -0.39 is 6.36 Å². The Morgan fingerprint density at radius 1 is 0.889 bits per heavy atom. The molecule has 2 aromatic carbocycles. The van der Waals surface area contributed by atoms with Crippen molar-refractivity contribution >= 4 is 11.4 Å². The fourth-order valence-electron chi connectivity index (χ4n) is 3.08. The minimum Gasteiger partial charge on any atom is -0.406 e. The molecule has 0 aromatic heterocycles.